The van der Waals surface area contributed by atoms with Crippen molar-refractivity contribution in [1.29, 1.82) is 0 Å². The zero-order valence-corrected chi connectivity index (χ0v) is 21.2. The highest BCUT2D eigenvalue weighted by atomic mass is 32.2. The molecule has 2 aromatic carbocycles. The van der Waals surface area contributed by atoms with Crippen LogP contribution >= 0.6 is 23.5 Å². The first-order chi connectivity index (χ1) is 16.4. The first kappa shape index (κ1) is 24.5. The fourth-order valence-corrected chi connectivity index (χ4v) is 6.77. The Labute approximate surface area is 208 Å². The first-order valence-electron chi connectivity index (χ1n) is 11.2. The molecule has 178 valence electrons. The van der Waals surface area contributed by atoms with E-state index in [9.17, 15) is 9.59 Å². The van der Waals surface area contributed by atoms with Gasteiger partial charge in [-0.25, -0.2) is 9.59 Å². The topological polar surface area (TPSA) is 61.8 Å². The van der Waals surface area contributed by atoms with Gasteiger partial charge in [-0.05, 0) is 50.5 Å². The molecule has 0 radical (unpaired) electrons. The zero-order valence-electron chi connectivity index (χ0n) is 19.5. The Bertz CT molecular complexity index is 1120. The van der Waals surface area contributed by atoms with Crippen molar-refractivity contribution >= 4 is 41.5 Å². The maximum atomic E-state index is 13.3. The third-order valence-electron chi connectivity index (χ3n) is 5.66. The molecule has 0 N–H and O–H groups in total. The Balaban J connectivity index is 1.67. The van der Waals surface area contributed by atoms with Crippen molar-refractivity contribution in [3.8, 4) is 11.5 Å². The van der Waals surface area contributed by atoms with Gasteiger partial charge in [0.1, 0.15) is 22.7 Å². The number of ether oxygens (including phenoxy) is 3. The van der Waals surface area contributed by atoms with Crippen LogP contribution < -0.4 is 9.47 Å². The maximum absolute atomic E-state index is 13.3. The lowest BCUT2D eigenvalue weighted by atomic mass is 9.92. The van der Waals surface area contributed by atoms with Crippen LogP contribution in [0.1, 0.15) is 41.5 Å². The van der Waals surface area contributed by atoms with E-state index in [1.54, 1.807) is 6.08 Å². The molecule has 5 nitrogen and oxygen atoms in total. The number of allylic oxidation sites excluding steroid dienone is 2. The molecule has 4 rings (SSSR count). The predicted octanol–water partition coefficient (Wildman–Crippen LogP) is 5.99. The van der Waals surface area contributed by atoms with E-state index in [-0.39, 0.29) is 15.8 Å². The molecule has 2 heterocycles. The third kappa shape index (κ3) is 5.70. The zero-order chi connectivity index (χ0) is 24.1. The van der Waals surface area contributed by atoms with E-state index in [4.69, 9.17) is 14.2 Å². The maximum Gasteiger partial charge on any atom is 0.350 e. The molecule has 0 aliphatic carbocycles. The van der Waals surface area contributed by atoms with Gasteiger partial charge in [0, 0.05) is 22.6 Å². The van der Waals surface area contributed by atoms with Gasteiger partial charge in [-0.2, -0.15) is 0 Å². The average molecular weight is 497 g/mol. The van der Waals surface area contributed by atoms with Crippen molar-refractivity contribution in [3.63, 3.8) is 0 Å². The van der Waals surface area contributed by atoms with Crippen molar-refractivity contribution in [2.24, 2.45) is 0 Å². The van der Waals surface area contributed by atoms with E-state index in [0.717, 1.165) is 46.8 Å². The Morgan fingerprint density at radius 2 is 1.79 bits per heavy atom. The van der Waals surface area contributed by atoms with Gasteiger partial charge in [0.25, 0.3) is 0 Å². The van der Waals surface area contributed by atoms with Gasteiger partial charge in [0.05, 0.1) is 11.7 Å². The molecule has 0 unspecified atom stereocenters. The number of carbonyl (C=O) groups excluding carboxylic acids is 2. The molecule has 1 fully saturated rings. The quantitative estimate of drug-likeness (QED) is 0.122. The highest BCUT2D eigenvalue weighted by molar-refractivity contribution is 8.19. The number of thioether (sulfide) groups is 2. The number of benzene rings is 2. The minimum atomic E-state index is -0.740. The molecule has 0 atom stereocenters. The number of carbonyl (C=O) groups is 2. The summed E-state index contributed by atoms with van der Waals surface area (Å²) in [4.78, 5) is 25.7. The fraction of sp³-hybridized carbons (Fsp3) is 0.333. The van der Waals surface area contributed by atoms with Crippen molar-refractivity contribution in [2.45, 2.75) is 36.9 Å². The lowest BCUT2D eigenvalue weighted by Gasteiger charge is -2.34. The average Bonchev–Trinajstić information content (AvgIpc) is 3.36. The number of hydrogen-bond donors (Lipinski definition) is 0. The molecule has 2 aliphatic heterocycles. The monoisotopic (exact) mass is 496 g/mol. The SMILES string of the molecule is COC(=O)/C(=C/C=C/c1ccccc1)C(=O)Oc1c(C2SCCS2)ccc2c1CCC(C)(C)O2. The lowest BCUT2D eigenvalue weighted by molar-refractivity contribution is -0.141. The Morgan fingerprint density at radius 1 is 1.06 bits per heavy atom. The Morgan fingerprint density at radius 3 is 2.50 bits per heavy atom. The summed E-state index contributed by atoms with van der Waals surface area (Å²) >= 11 is 3.66. The number of esters is 2. The molecule has 7 heteroatoms. The number of rotatable bonds is 6. The smallest absolute Gasteiger partial charge is 0.350 e. The van der Waals surface area contributed by atoms with Crippen LogP contribution in [-0.4, -0.2) is 36.2 Å². The molecule has 0 aromatic heterocycles. The second-order valence-electron chi connectivity index (χ2n) is 8.63. The van der Waals surface area contributed by atoms with Crippen LogP contribution in [0, 0.1) is 0 Å². The van der Waals surface area contributed by atoms with Gasteiger partial charge in [-0.3, -0.25) is 0 Å². The summed E-state index contributed by atoms with van der Waals surface area (Å²) in [6.07, 6.45) is 6.44. The molecule has 34 heavy (non-hydrogen) atoms. The van der Waals surface area contributed by atoms with E-state index < -0.39 is 11.9 Å². The molecule has 0 spiro atoms. The van der Waals surface area contributed by atoms with Gasteiger partial charge >= 0.3 is 11.9 Å². The van der Waals surface area contributed by atoms with Crippen LogP contribution in [0.15, 0.2) is 60.2 Å². The number of hydrogen-bond acceptors (Lipinski definition) is 7. The molecular formula is C27H28O5S2. The Hall–Kier alpha value is -2.64. The van der Waals surface area contributed by atoms with E-state index >= 15 is 0 Å². The molecule has 0 bridgehead atoms. The molecule has 2 aromatic rings. The fourth-order valence-electron chi connectivity index (χ4n) is 3.88. The molecular weight excluding hydrogens is 468 g/mol. The minimum absolute atomic E-state index is 0.165. The van der Waals surface area contributed by atoms with Gasteiger partial charge in [-0.15, -0.1) is 23.5 Å². The highest BCUT2D eigenvalue weighted by Gasteiger charge is 2.34. The van der Waals surface area contributed by atoms with Crippen LogP contribution in [0.25, 0.3) is 6.08 Å². The number of fused-ring (bicyclic) bond motifs is 1. The summed E-state index contributed by atoms with van der Waals surface area (Å²) in [6.45, 7) is 4.10. The molecule has 2 aliphatic rings. The van der Waals surface area contributed by atoms with E-state index in [1.165, 1.54) is 13.2 Å². The predicted molar refractivity (Wildman–Crippen MR) is 138 cm³/mol. The standard InChI is InChI=1S/C27H28O5S2/c1-27(2)15-14-19-22(32-27)13-12-20(26-33-16-17-34-26)23(19)31-25(29)21(24(28)30-3)11-7-10-18-8-5-4-6-9-18/h4-13,26H,14-17H2,1-3H3/b10-7+,21-11-. The summed E-state index contributed by atoms with van der Waals surface area (Å²) in [7, 11) is 1.25. The van der Waals surface area contributed by atoms with E-state index in [1.807, 2.05) is 72.1 Å². The summed E-state index contributed by atoms with van der Waals surface area (Å²) in [6, 6.07) is 13.6. The highest BCUT2D eigenvalue weighted by Crippen LogP contribution is 2.51. The second-order valence-corrected chi connectivity index (χ2v) is 11.4. The van der Waals surface area contributed by atoms with Gasteiger partial charge < -0.3 is 14.2 Å². The van der Waals surface area contributed by atoms with Crippen LogP contribution in [0.3, 0.4) is 0 Å². The van der Waals surface area contributed by atoms with Crippen molar-refractivity contribution < 1.29 is 23.8 Å². The van der Waals surface area contributed by atoms with Crippen molar-refractivity contribution in [3.05, 3.63) is 76.9 Å². The number of methoxy groups -OCH3 is 1. The summed E-state index contributed by atoms with van der Waals surface area (Å²) < 4.78 is 17.2. The first-order valence-corrected chi connectivity index (χ1v) is 13.3. The van der Waals surface area contributed by atoms with E-state index in [2.05, 4.69) is 13.8 Å². The van der Waals surface area contributed by atoms with Crippen LogP contribution in [0.4, 0.5) is 0 Å². The van der Waals surface area contributed by atoms with Crippen molar-refractivity contribution in [1.82, 2.24) is 0 Å². The largest absolute Gasteiger partial charge is 0.487 e. The molecule has 0 saturated carbocycles. The summed E-state index contributed by atoms with van der Waals surface area (Å²) in [5, 5.41) is 0. The van der Waals surface area contributed by atoms with Gasteiger partial charge in [0.15, 0.2) is 0 Å². The Kier molecular flexibility index (Phi) is 7.73. The third-order valence-corrected chi connectivity index (χ3v) is 8.73. The van der Waals surface area contributed by atoms with Crippen LogP contribution in [0.5, 0.6) is 11.5 Å². The van der Waals surface area contributed by atoms with Crippen molar-refractivity contribution in [2.75, 3.05) is 18.6 Å². The van der Waals surface area contributed by atoms with Gasteiger partial charge in [0.2, 0.25) is 0 Å². The van der Waals surface area contributed by atoms with Crippen LogP contribution in [-0.2, 0) is 20.7 Å². The molecule has 1 saturated heterocycles. The van der Waals surface area contributed by atoms with E-state index in [0.29, 0.717) is 5.75 Å². The minimum Gasteiger partial charge on any atom is -0.487 e. The summed E-state index contributed by atoms with van der Waals surface area (Å²) in [5.41, 5.74) is 2.33. The molecule has 0 amide bonds. The lowest BCUT2D eigenvalue weighted by Crippen LogP contribution is -2.33. The summed E-state index contributed by atoms with van der Waals surface area (Å²) in [5.74, 6) is 1.84. The normalized spacial score (nSPS) is 17.8. The second kappa shape index (κ2) is 10.7. The van der Waals surface area contributed by atoms with Crippen LogP contribution in [0.2, 0.25) is 0 Å². The van der Waals surface area contributed by atoms with Gasteiger partial charge in [-0.1, -0.05) is 42.5 Å².